The van der Waals surface area contributed by atoms with Gasteiger partial charge in [0.25, 0.3) is 0 Å². The largest absolute Gasteiger partial charge is 0.326 e. The van der Waals surface area contributed by atoms with Crippen LogP contribution in [0, 0.1) is 0 Å². The number of nitrogens with two attached hydrogens (primary N) is 1. The highest BCUT2D eigenvalue weighted by atomic mass is 32.2. The van der Waals surface area contributed by atoms with E-state index >= 15 is 0 Å². The zero-order valence-corrected chi connectivity index (χ0v) is 7.87. The Bertz CT molecular complexity index is 399. The molecule has 0 aliphatic heterocycles. The predicted molar refractivity (Wildman–Crippen MR) is 50.0 cm³/mol. The highest BCUT2D eigenvalue weighted by molar-refractivity contribution is 7.92. The van der Waals surface area contributed by atoms with E-state index in [0.717, 1.165) is 0 Å². The first-order valence-electron chi connectivity index (χ1n) is 4.17. The minimum absolute atomic E-state index is 0.162. The van der Waals surface area contributed by atoms with Crippen LogP contribution in [0.5, 0.6) is 0 Å². The van der Waals surface area contributed by atoms with Gasteiger partial charge in [0.15, 0.2) is 9.84 Å². The fraction of sp³-hybridized carbons (Fsp3) is 0.333. The Kier molecular flexibility index (Phi) is 1.89. The van der Waals surface area contributed by atoms with Gasteiger partial charge in [-0.1, -0.05) is 18.2 Å². The molecule has 1 aromatic rings. The Balaban J connectivity index is 2.36. The van der Waals surface area contributed by atoms with Gasteiger partial charge in [0, 0.05) is 6.04 Å². The minimum atomic E-state index is -3.14. The summed E-state index contributed by atoms with van der Waals surface area (Å²) in [5.41, 5.74) is 5.51. The van der Waals surface area contributed by atoms with Gasteiger partial charge in [-0.05, 0) is 18.6 Å². The molecular formula is C9H11NO2S. The average molecular weight is 197 g/mol. The fourth-order valence-corrected chi connectivity index (χ4v) is 3.15. The van der Waals surface area contributed by atoms with E-state index in [1.54, 1.807) is 30.3 Å². The lowest BCUT2D eigenvalue weighted by atomic mass is 10.4. The number of hydrogen-bond acceptors (Lipinski definition) is 3. The Morgan fingerprint density at radius 3 is 2.23 bits per heavy atom. The number of hydrogen-bond donors (Lipinski definition) is 1. The summed E-state index contributed by atoms with van der Waals surface area (Å²) < 4.78 is 23.4. The third kappa shape index (κ3) is 1.47. The van der Waals surface area contributed by atoms with Gasteiger partial charge in [0.1, 0.15) is 0 Å². The van der Waals surface area contributed by atoms with Gasteiger partial charge in [-0.15, -0.1) is 0 Å². The van der Waals surface area contributed by atoms with Crippen molar-refractivity contribution in [1.82, 2.24) is 0 Å². The van der Waals surface area contributed by atoms with E-state index in [0.29, 0.717) is 11.3 Å². The molecule has 0 amide bonds. The van der Waals surface area contributed by atoms with Gasteiger partial charge in [0.2, 0.25) is 0 Å². The van der Waals surface area contributed by atoms with Crippen LogP contribution in [-0.2, 0) is 9.84 Å². The maximum absolute atomic E-state index is 11.7. The maximum Gasteiger partial charge on any atom is 0.182 e. The quantitative estimate of drug-likeness (QED) is 0.753. The normalized spacial score (nSPS) is 27.2. The predicted octanol–water partition coefficient (Wildman–Crippen LogP) is 0.560. The smallest absolute Gasteiger partial charge is 0.182 e. The Labute approximate surface area is 77.5 Å². The fourth-order valence-electron chi connectivity index (χ4n) is 1.33. The Morgan fingerprint density at radius 2 is 1.77 bits per heavy atom. The molecule has 1 aromatic carbocycles. The molecule has 0 aromatic heterocycles. The molecule has 0 heterocycles. The van der Waals surface area contributed by atoms with Crippen LogP contribution in [-0.4, -0.2) is 19.7 Å². The second-order valence-electron chi connectivity index (χ2n) is 3.30. The van der Waals surface area contributed by atoms with Crippen LogP contribution < -0.4 is 5.73 Å². The lowest BCUT2D eigenvalue weighted by Gasteiger charge is -2.01. The molecule has 0 unspecified atom stereocenters. The molecule has 1 saturated carbocycles. The summed E-state index contributed by atoms with van der Waals surface area (Å²) in [6.07, 6.45) is 0.594. The van der Waals surface area contributed by atoms with Gasteiger partial charge in [-0.2, -0.15) is 0 Å². The lowest BCUT2D eigenvalue weighted by molar-refractivity contribution is 0.594. The van der Waals surface area contributed by atoms with Crippen LogP contribution in [0.3, 0.4) is 0 Å². The van der Waals surface area contributed by atoms with Crippen LogP contribution in [0.2, 0.25) is 0 Å². The summed E-state index contributed by atoms with van der Waals surface area (Å²) in [7, 11) is -3.14. The Morgan fingerprint density at radius 1 is 1.23 bits per heavy atom. The van der Waals surface area contributed by atoms with Crippen molar-refractivity contribution in [2.75, 3.05) is 0 Å². The standard InChI is InChI=1S/C9H11NO2S/c10-8-6-9(8)13(11,12)7-4-2-1-3-5-7/h1-5,8-9H,6,10H2/t8-,9+/m0/s1. The third-order valence-corrected chi connectivity index (χ3v) is 4.52. The van der Waals surface area contributed by atoms with E-state index in [1.807, 2.05) is 0 Å². The van der Waals surface area contributed by atoms with Gasteiger partial charge >= 0.3 is 0 Å². The highest BCUT2D eigenvalue weighted by Crippen LogP contribution is 2.32. The second-order valence-corrected chi connectivity index (χ2v) is 5.46. The first-order chi connectivity index (χ1) is 6.12. The van der Waals surface area contributed by atoms with Crippen LogP contribution >= 0.6 is 0 Å². The van der Waals surface area contributed by atoms with Crippen LogP contribution in [0.1, 0.15) is 6.42 Å². The zero-order chi connectivity index (χ0) is 9.47. The van der Waals surface area contributed by atoms with Crippen molar-refractivity contribution in [3.05, 3.63) is 30.3 Å². The van der Waals surface area contributed by atoms with E-state index in [2.05, 4.69) is 0 Å². The molecule has 2 N–H and O–H groups in total. The SMILES string of the molecule is N[C@H]1C[C@H]1S(=O)(=O)c1ccccc1. The van der Waals surface area contributed by atoms with Gasteiger partial charge < -0.3 is 5.73 Å². The summed E-state index contributed by atoms with van der Waals surface area (Å²) >= 11 is 0. The molecule has 1 aliphatic carbocycles. The summed E-state index contributed by atoms with van der Waals surface area (Å²) in [4.78, 5) is 0.382. The van der Waals surface area contributed by atoms with Gasteiger partial charge in [-0.3, -0.25) is 0 Å². The van der Waals surface area contributed by atoms with Crippen LogP contribution in [0.4, 0.5) is 0 Å². The molecule has 3 nitrogen and oxygen atoms in total. The van der Waals surface area contributed by atoms with E-state index in [1.165, 1.54) is 0 Å². The molecule has 0 radical (unpaired) electrons. The number of sulfone groups is 1. The van der Waals surface area contributed by atoms with E-state index in [-0.39, 0.29) is 11.3 Å². The topological polar surface area (TPSA) is 60.2 Å². The van der Waals surface area contributed by atoms with Gasteiger partial charge in [0.05, 0.1) is 10.1 Å². The zero-order valence-electron chi connectivity index (χ0n) is 7.05. The highest BCUT2D eigenvalue weighted by Gasteiger charge is 2.45. The molecule has 1 aliphatic rings. The first kappa shape index (κ1) is 8.72. The van der Waals surface area contributed by atoms with E-state index < -0.39 is 9.84 Å². The molecule has 13 heavy (non-hydrogen) atoms. The summed E-state index contributed by atoms with van der Waals surface area (Å²) in [6.45, 7) is 0. The molecule has 0 saturated heterocycles. The average Bonchev–Trinajstić information content (AvgIpc) is 2.85. The molecule has 0 bridgehead atoms. The van der Waals surface area contributed by atoms with Crippen molar-refractivity contribution >= 4 is 9.84 Å². The van der Waals surface area contributed by atoms with Crippen molar-refractivity contribution < 1.29 is 8.42 Å². The molecule has 2 rings (SSSR count). The summed E-state index contributed by atoms with van der Waals surface area (Å²) in [5.74, 6) is 0. The van der Waals surface area contributed by atoms with Crippen molar-refractivity contribution in [1.29, 1.82) is 0 Å². The monoisotopic (exact) mass is 197 g/mol. The molecule has 4 heteroatoms. The van der Waals surface area contributed by atoms with Crippen molar-refractivity contribution in [2.24, 2.45) is 5.73 Å². The van der Waals surface area contributed by atoms with E-state index in [4.69, 9.17) is 5.73 Å². The molecule has 70 valence electrons. The summed E-state index contributed by atoms with van der Waals surface area (Å²) in [5, 5.41) is -0.352. The van der Waals surface area contributed by atoms with Crippen molar-refractivity contribution in [2.45, 2.75) is 22.6 Å². The van der Waals surface area contributed by atoms with E-state index in [9.17, 15) is 8.42 Å². The van der Waals surface area contributed by atoms with Crippen LogP contribution in [0.15, 0.2) is 35.2 Å². The molecule has 0 spiro atoms. The Hall–Kier alpha value is -0.870. The molecule has 2 atom stereocenters. The third-order valence-electron chi connectivity index (χ3n) is 2.25. The molecule has 1 fully saturated rings. The number of benzene rings is 1. The number of rotatable bonds is 2. The lowest BCUT2D eigenvalue weighted by Crippen LogP contribution is -2.15. The molecular weight excluding hydrogens is 186 g/mol. The second kappa shape index (κ2) is 2.82. The first-order valence-corrected chi connectivity index (χ1v) is 5.71. The minimum Gasteiger partial charge on any atom is -0.326 e. The maximum atomic E-state index is 11.7. The van der Waals surface area contributed by atoms with Crippen molar-refractivity contribution in [3.8, 4) is 0 Å². The van der Waals surface area contributed by atoms with Gasteiger partial charge in [-0.25, -0.2) is 8.42 Å². The summed E-state index contributed by atoms with van der Waals surface area (Å²) in [6, 6.07) is 8.30. The van der Waals surface area contributed by atoms with Crippen LogP contribution in [0.25, 0.3) is 0 Å². The van der Waals surface area contributed by atoms with Crippen molar-refractivity contribution in [3.63, 3.8) is 0 Å².